The standard InChI is InChI=1S/C14H14F3N/c15-14(16,17)13-11-6-7-12(8-11)18(13)9-10-4-2-1-3-5-10/h1-7,11-13H,8-9H2/t11?,12?,13-/m0/s1. The maximum absolute atomic E-state index is 13.1. The highest BCUT2D eigenvalue weighted by molar-refractivity contribution is 5.21. The van der Waals surface area contributed by atoms with Gasteiger partial charge in [0.1, 0.15) is 6.04 Å². The molecule has 0 radical (unpaired) electrons. The number of hydrogen-bond donors (Lipinski definition) is 0. The van der Waals surface area contributed by atoms with Crippen molar-refractivity contribution in [1.82, 2.24) is 4.90 Å². The van der Waals surface area contributed by atoms with Crippen LogP contribution in [0.2, 0.25) is 0 Å². The van der Waals surface area contributed by atoms with Crippen molar-refractivity contribution in [3.63, 3.8) is 0 Å². The van der Waals surface area contributed by atoms with Gasteiger partial charge in [0, 0.05) is 18.5 Å². The molecule has 0 aromatic heterocycles. The van der Waals surface area contributed by atoms with E-state index in [9.17, 15) is 13.2 Å². The van der Waals surface area contributed by atoms with Gasteiger partial charge in [-0.3, -0.25) is 4.90 Å². The zero-order chi connectivity index (χ0) is 12.8. The summed E-state index contributed by atoms with van der Waals surface area (Å²) in [6, 6.07) is 7.99. The Balaban J connectivity index is 1.84. The fraction of sp³-hybridized carbons (Fsp3) is 0.429. The third kappa shape index (κ3) is 1.94. The number of benzene rings is 1. The van der Waals surface area contributed by atoms with E-state index in [4.69, 9.17) is 0 Å². The van der Waals surface area contributed by atoms with Crippen LogP contribution in [0.25, 0.3) is 0 Å². The van der Waals surface area contributed by atoms with Gasteiger partial charge in [0.15, 0.2) is 0 Å². The van der Waals surface area contributed by atoms with E-state index in [1.807, 2.05) is 36.4 Å². The fourth-order valence-electron chi connectivity index (χ4n) is 3.08. The smallest absolute Gasteiger partial charge is 0.281 e. The van der Waals surface area contributed by atoms with Crippen LogP contribution in [0, 0.1) is 5.92 Å². The maximum Gasteiger partial charge on any atom is 0.404 e. The number of likely N-dealkylation sites (tertiary alicyclic amines) is 1. The Morgan fingerprint density at radius 2 is 1.83 bits per heavy atom. The molecule has 0 saturated carbocycles. The molecule has 1 heterocycles. The van der Waals surface area contributed by atoms with Gasteiger partial charge in [-0.15, -0.1) is 0 Å². The lowest BCUT2D eigenvalue weighted by atomic mass is 10.0. The van der Waals surface area contributed by atoms with Gasteiger partial charge < -0.3 is 0 Å². The lowest BCUT2D eigenvalue weighted by Gasteiger charge is -2.33. The molecule has 2 bridgehead atoms. The van der Waals surface area contributed by atoms with Crippen LogP contribution in [0.15, 0.2) is 42.5 Å². The Bertz CT molecular complexity index is 452. The van der Waals surface area contributed by atoms with Crippen LogP contribution in [-0.2, 0) is 6.54 Å². The summed E-state index contributed by atoms with van der Waals surface area (Å²) in [4.78, 5) is 1.58. The molecule has 2 unspecified atom stereocenters. The second-order valence-corrected chi connectivity index (χ2v) is 5.00. The highest BCUT2D eigenvalue weighted by atomic mass is 19.4. The number of halogens is 3. The summed E-state index contributed by atoms with van der Waals surface area (Å²) in [7, 11) is 0. The van der Waals surface area contributed by atoms with Gasteiger partial charge in [0.2, 0.25) is 0 Å². The van der Waals surface area contributed by atoms with Crippen LogP contribution in [-0.4, -0.2) is 23.2 Å². The van der Waals surface area contributed by atoms with E-state index in [1.165, 1.54) is 0 Å². The summed E-state index contributed by atoms with van der Waals surface area (Å²) in [5.74, 6) is -0.362. The van der Waals surface area contributed by atoms with Crippen LogP contribution < -0.4 is 0 Å². The topological polar surface area (TPSA) is 3.24 Å². The first-order valence-corrected chi connectivity index (χ1v) is 6.10. The minimum atomic E-state index is -4.14. The number of alkyl halides is 3. The van der Waals surface area contributed by atoms with Crippen molar-refractivity contribution in [2.45, 2.75) is 31.2 Å². The second kappa shape index (κ2) is 4.12. The Morgan fingerprint density at radius 1 is 1.11 bits per heavy atom. The molecule has 0 N–H and O–H groups in total. The van der Waals surface area contributed by atoms with Gasteiger partial charge in [0.25, 0.3) is 0 Å². The van der Waals surface area contributed by atoms with Gasteiger partial charge in [-0.25, -0.2) is 0 Å². The quantitative estimate of drug-likeness (QED) is 0.730. The molecule has 1 aliphatic heterocycles. The van der Waals surface area contributed by atoms with Crippen molar-refractivity contribution < 1.29 is 13.2 Å². The lowest BCUT2D eigenvalue weighted by molar-refractivity contribution is -0.186. The Morgan fingerprint density at radius 3 is 2.50 bits per heavy atom. The second-order valence-electron chi connectivity index (χ2n) is 5.00. The Hall–Kier alpha value is -1.29. The average molecular weight is 253 g/mol. The van der Waals surface area contributed by atoms with Gasteiger partial charge in [-0.2, -0.15) is 13.2 Å². The van der Waals surface area contributed by atoms with E-state index < -0.39 is 12.2 Å². The minimum Gasteiger partial charge on any atom is -0.281 e. The Labute approximate surface area is 104 Å². The molecule has 3 atom stereocenters. The zero-order valence-corrected chi connectivity index (χ0v) is 9.77. The summed E-state index contributed by atoms with van der Waals surface area (Å²) in [5, 5.41) is 0. The molecule has 1 aliphatic carbocycles. The molecule has 3 rings (SSSR count). The SMILES string of the molecule is FC(F)(F)[C@@H]1C2C=CC(C2)N1Cc1ccccc1. The van der Waals surface area contributed by atoms with Gasteiger partial charge in [0.05, 0.1) is 0 Å². The van der Waals surface area contributed by atoms with Crippen molar-refractivity contribution in [2.24, 2.45) is 5.92 Å². The van der Waals surface area contributed by atoms with Gasteiger partial charge in [-0.1, -0.05) is 42.5 Å². The molecule has 1 aromatic rings. The van der Waals surface area contributed by atoms with Crippen LogP contribution in [0.5, 0.6) is 0 Å². The molecule has 1 nitrogen and oxygen atoms in total. The monoisotopic (exact) mass is 253 g/mol. The molecular weight excluding hydrogens is 239 g/mol. The molecule has 0 amide bonds. The van der Waals surface area contributed by atoms with Crippen LogP contribution in [0.4, 0.5) is 13.2 Å². The van der Waals surface area contributed by atoms with Crippen molar-refractivity contribution in [1.29, 1.82) is 0 Å². The molecular formula is C14H14F3N. The van der Waals surface area contributed by atoms with Crippen molar-refractivity contribution in [2.75, 3.05) is 0 Å². The lowest BCUT2D eigenvalue weighted by Crippen LogP contribution is -2.47. The molecule has 1 saturated heterocycles. The average Bonchev–Trinajstić information content (AvgIpc) is 2.89. The predicted octanol–water partition coefficient (Wildman–Crippen LogP) is 3.38. The highest BCUT2D eigenvalue weighted by Gasteiger charge is 2.55. The van der Waals surface area contributed by atoms with Crippen LogP contribution in [0.1, 0.15) is 12.0 Å². The van der Waals surface area contributed by atoms with E-state index in [0.29, 0.717) is 13.0 Å². The molecule has 2 aliphatic rings. The van der Waals surface area contributed by atoms with E-state index in [1.54, 1.807) is 11.0 Å². The highest BCUT2D eigenvalue weighted by Crippen LogP contribution is 2.45. The zero-order valence-electron chi connectivity index (χ0n) is 9.77. The first-order chi connectivity index (χ1) is 8.55. The van der Waals surface area contributed by atoms with E-state index >= 15 is 0 Å². The van der Waals surface area contributed by atoms with Gasteiger partial charge in [-0.05, 0) is 12.0 Å². The third-order valence-corrected chi connectivity index (χ3v) is 3.83. The number of fused-ring (bicyclic) bond motifs is 2. The number of nitrogens with zero attached hydrogens (tertiary/aromatic N) is 1. The largest absolute Gasteiger partial charge is 0.404 e. The minimum absolute atomic E-state index is 0.0539. The number of hydrogen-bond acceptors (Lipinski definition) is 1. The molecule has 4 heteroatoms. The molecule has 96 valence electrons. The predicted molar refractivity (Wildman–Crippen MR) is 62.9 cm³/mol. The van der Waals surface area contributed by atoms with Crippen molar-refractivity contribution in [3.05, 3.63) is 48.0 Å². The normalized spacial score (nSPS) is 31.2. The summed E-state index contributed by atoms with van der Waals surface area (Å²) in [5.41, 5.74) is 0.938. The first kappa shape index (κ1) is 11.8. The summed E-state index contributed by atoms with van der Waals surface area (Å²) < 4.78 is 39.3. The summed E-state index contributed by atoms with van der Waals surface area (Å²) in [6.45, 7) is 0.372. The molecule has 18 heavy (non-hydrogen) atoms. The summed E-state index contributed by atoms with van der Waals surface area (Å²) >= 11 is 0. The van der Waals surface area contributed by atoms with Crippen molar-refractivity contribution in [3.8, 4) is 0 Å². The van der Waals surface area contributed by atoms with Crippen LogP contribution >= 0.6 is 0 Å². The molecule has 1 aromatic carbocycles. The van der Waals surface area contributed by atoms with E-state index in [2.05, 4.69) is 0 Å². The maximum atomic E-state index is 13.1. The van der Waals surface area contributed by atoms with Crippen molar-refractivity contribution >= 4 is 0 Å². The fourth-order valence-corrected chi connectivity index (χ4v) is 3.08. The van der Waals surface area contributed by atoms with E-state index in [-0.39, 0.29) is 12.0 Å². The first-order valence-electron chi connectivity index (χ1n) is 6.10. The molecule has 1 fully saturated rings. The van der Waals surface area contributed by atoms with Crippen LogP contribution in [0.3, 0.4) is 0 Å². The third-order valence-electron chi connectivity index (χ3n) is 3.83. The summed E-state index contributed by atoms with van der Waals surface area (Å²) in [6.07, 6.45) is 0.107. The Kier molecular flexibility index (Phi) is 2.70. The van der Waals surface area contributed by atoms with Gasteiger partial charge >= 0.3 is 6.18 Å². The van der Waals surface area contributed by atoms with E-state index in [0.717, 1.165) is 5.56 Å². The number of rotatable bonds is 2. The molecule has 0 spiro atoms.